The van der Waals surface area contributed by atoms with Gasteiger partial charge in [-0.3, -0.25) is 0 Å². The van der Waals surface area contributed by atoms with E-state index in [1.165, 1.54) is 137 Å². The molecule has 0 aromatic carbocycles. The summed E-state index contributed by atoms with van der Waals surface area (Å²) in [7, 11) is 0. The summed E-state index contributed by atoms with van der Waals surface area (Å²) in [5.74, 6) is 0. The topological polar surface area (TPSA) is 0 Å². The van der Waals surface area contributed by atoms with Gasteiger partial charge in [0.05, 0.1) is 0 Å². The van der Waals surface area contributed by atoms with Gasteiger partial charge in [-0.05, 0) is 0 Å². The van der Waals surface area contributed by atoms with Crippen LogP contribution < -0.4 is 0 Å². The van der Waals surface area contributed by atoms with Crippen molar-refractivity contribution in [2.75, 3.05) is 0 Å². The summed E-state index contributed by atoms with van der Waals surface area (Å²) in [5.41, 5.74) is 0. The van der Waals surface area contributed by atoms with E-state index >= 15 is 0 Å². The van der Waals surface area contributed by atoms with Crippen molar-refractivity contribution < 1.29 is 0 Å². The Bertz CT molecular complexity index is 256. The molecule has 0 bridgehead atoms. The average Bonchev–Trinajstić information content (AvgIpc) is 2.64. The van der Waals surface area contributed by atoms with E-state index in [0.717, 1.165) is 0 Å². The van der Waals surface area contributed by atoms with Crippen LogP contribution in [0.15, 0.2) is 0 Å². The van der Waals surface area contributed by atoms with Gasteiger partial charge in [0.2, 0.25) is 0 Å². The summed E-state index contributed by atoms with van der Waals surface area (Å²) in [6.45, 7) is 4.60. The molecule has 0 fully saturated rings. The number of rotatable bonds is 22. The molecule has 0 radical (unpaired) electrons. The summed E-state index contributed by atoms with van der Waals surface area (Å²) in [4.78, 5) is 0. The molecule has 27 heavy (non-hydrogen) atoms. The Hall–Kier alpha value is 1.75. The summed E-state index contributed by atoms with van der Waals surface area (Å²) in [5, 5.41) is 0. The quantitative estimate of drug-likeness (QED) is 0.0829. The number of hydrogen-bond acceptors (Lipinski definition) is 0. The minimum absolute atomic E-state index is 1.37. The first-order valence-electron chi connectivity index (χ1n) is 12.3. The van der Waals surface area contributed by atoms with E-state index in [-0.39, 0.29) is 0 Å². The van der Waals surface area contributed by atoms with E-state index in [1.807, 2.05) is 0 Å². The number of halogens is 2. The van der Waals surface area contributed by atoms with Gasteiger partial charge >= 0.3 is 190 Å². The zero-order chi connectivity index (χ0) is 20.1. The molecule has 0 aliphatic heterocycles. The molecule has 0 spiro atoms. The molecule has 0 saturated heterocycles. The summed E-state index contributed by atoms with van der Waals surface area (Å²) in [6, 6.07) is 0. The zero-order valence-corrected chi connectivity index (χ0v) is 24.2. The predicted octanol–water partition coefficient (Wildman–Crippen LogP) is 11.1. The third kappa shape index (κ3) is 23.9. The maximum absolute atomic E-state index is 4.12. The van der Waals surface area contributed by atoms with Gasteiger partial charge in [0.1, 0.15) is 0 Å². The van der Waals surface area contributed by atoms with Crippen molar-refractivity contribution in [1.82, 2.24) is 0 Å². The molecular formula is C24H50Br2Te. The van der Waals surface area contributed by atoms with Crippen LogP contribution in [-0.4, -0.2) is 13.8 Å². The second-order valence-electron chi connectivity index (χ2n) is 8.47. The van der Waals surface area contributed by atoms with Crippen LogP contribution in [0.3, 0.4) is 0 Å². The molecule has 3 heteroatoms. The molecule has 0 aliphatic rings. The standard InChI is InChI=1S/C24H50Br2Te/c1-3-5-7-9-11-13-15-17-19-21-23-27(25,26)24-22-20-18-16-14-12-10-8-6-4-2/h3-24H2,1-2H3. The van der Waals surface area contributed by atoms with Crippen molar-refractivity contribution in [3.8, 4) is 0 Å². The van der Waals surface area contributed by atoms with Crippen LogP contribution >= 0.6 is 25.5 Å². The molecule has 0 atom stereocenters. The van der Waals surface area contributed by atoms with Crippen LogP contribution in [0, 0.1) is 0 Å². The number of hydrogen-bond donors (Lipinski definition) is 0. The fraction of sp³-hybridized carbons (Fsp3) is 1.00. The normalized spacial score (nSPS) is 12.6. The van der Waals surface area contributed by atoms with Crippen molar-refractivity contribution in [2.24, 2.45) is 0 Å². The van der Waals surface area contributed by atoms with Gasteiger partial charge in [-0.15, -0.1) is 0 Å². The van der Waals surface area contributed by atoms with Gasteiger partial charge in [0, 0.05) is 0 Å². The Morgan fingerprint density at radius 2 is 0.593 bits per heavy atom. The Morgan fingerprint density at radius 1 is 0.370 bits per heavy atom. The molecule has 0 aliphatic carbocycles. The van der Waals surface area contributed by atoms with E-state index in [0.29, 0.717) is 0 Å². The van der Waals surface area contributed by atoms with Crippen LogP contribution in [0.2, 0.25) is 8.94 Å². The summed E-state index contributed by atoms with van der Waals surface area (Å²) in [6.07, 6.45) is 29.0. The van der Waals surface area contributed by atoms with Gasteiger partial charge < -0.3 is 0 Å². The van der Waals surface area contributed by atoms with Crippen LogP contribution in [0.4, 0.5) is 0 Å². The van der Waals surface area contributed by atoms with E-state index in [2.05, 4.69) is 39.4 Å². The van der Waals surface area contributed by atoms with E-state index in [4.69, 9.17) is 0 Å². The molecule has 0 saturated carbocycles. The van der Waals surface area contributed by atoms with Gasteiger partial charge in [0.15, 0.2) is 0 Å². The SMILES string of the molecule is CCCCCCCCCCCC[Te](Br)(Br)CCCCCCCCCCCC. The van der Waals surface area contributed by atoms with E-state index < -0.39 is 13.8 Å². The van der Waals surface area contributed by atoms with Gasteiger partial charge in [-0.2, -0.15) is 0 Å². The third-order valence-electron chi connectivity index (χ3n) is 5.59. The molecular weight excluding hydrogens is 576 g/mol. The van der Waals surface area contributed by atoms with Crippen LogP contribution in [-0.2, 0) is 0 Å². The predicted molar refractivity (Wildman–Crippen MR) is 137 cm³/mol. The second kappa shape index (κ2) is 22.4. The molecule has 166 valence electrons. The van der Waals surface area contributed by atoms with Crippen molar-refractivity contribution >= 4 is 39.3 Å². The van der Waals surface area contributed by atoms with Gasteiger partial charge in [0.25, 0.3) is 0 Å². The van der Waals surface area contributed by atoms with Gasteiger partial charge in [-0.1, -0.05) is 0 Å². The Kier molecular flexibility index (Phi) is 23.9. The third-order valence-corrected chi connectivity index (χ3v) is 19.3. The Balaban J connectivity index is 3.31. The molecule has 0 unspecified atom stereocenters. The molecule has 0 heterocycles. The van der Waals surface area contributed by atoms with Crippen molar-refractivity contribution in [3.05, 3.63) is 0 Å². The van der Waals surface area contributed by atoms with Gasteiger partial charge in [-0.25, -0.2) is 0 Å². The van der Waals surface area contributed by atoms with Crippen LogP contribution in [0.1, 0.15) is 142 Å². The molecule has 0 rings (SSSR count). The fourth-order valence-corrected chi connectivity index (χ4v) is 14.0. The molecule has 0 amide bonds. The molecule has 0 aromatic rings. The van der Waals surface area contributed by atoms with Crippen molar-refractivity contribution in [2.45, 2.75) is 151 Å². The Morgan fingerprint density at radius 3 is 0.852 bits per heavy atom. The fourth-order valence-electron chi connectivity index (χ4n) is 3.70. The van der Waals surface area contributed by atoms with Crippen molar-refractivity contribution in [1.29, 1.82) is 0 Å². The molecule has 0 N–H and O–H groups in total. The maximum atomic E-state index is 4.12. The first-order valence-corrected chi connectivity index (χ1v) is 26.0. The first kappa shape index (κ1) is 28.7. The van der Waals surface area contributed by atoms with Crippen molar-refractivity contribution in [3.63, 3.8) is 0 Å². The number of unbranched alkanes of at least 4 members (excludes halogenated alkanes) is 18. The molecule has 0 nitrogen and oxygen atoms in total. The summed E-state index contributed by atoms with van der Waals surface area (Å²) >= 11 is 6.45. The first-order chi connectivity index (χ1) is 13.1. The zero-order valence-electron chi connectivity index (χ0n) is 18.7. The molecule has 0 aromatic heterocycles. The Labute approximate surface area is 189 Å². The van der Waals surface area contributed by atoms with E-state index in [9.17, 15) is 0 Å². The monoisotopic (exact) mass is 626 g/mol. The van der Waals surface area contributed by atoms with Crippen LogP contribution in [0.5, 0.6) is 0 Å². The van der Waals surface area contributed by atoms with Crippen LogP contribution in [0.25, 0.3) is 0 Å². The minimum atomic E-state index is -1.80. The second-order valence-corrected chi connectivity index (χ2v) is 37.2. The average molecular weight is 626 g/mol. The summed E-state index contributed by atoms with van der Waals surface area (Å²) < 4.78 is 2.94. The van der Waals surface area contributed by atoms with E-state index in [1.54, 1.807) is 0 Å².